The van der Waals surface area contributed by atoms with Crippen LogP contribution in [0.4, 0.5) is 10.1 Å². The Kier molecular flexibility index (Phi) is 6.60. The molecule has 0 atom stereocenters. The average molecular weight is 443 g/mol. The minimum absolute atomic E-state index is 0.0209. The predicted molar refractivity (Wildman–Crippen MR) is 117 cm³/mol. The lowest BCUT2D eigenvalue weighted by atomic mass is 10.1. The van der Waals surface area contributed by atoms with Crippen molar-refractivity contribution in [1.82, 2.24) is 4.90 Å². The van der Waals surface area contributed by atoms with E-state index in [1.54, 1.807) is 56.4 Å². The van der Waals surface area contributed by atoms with Gasteiger partial charge in [0, 0.05) is 24.8 Å². The first-order valence-corrected chi connectivity index (χ1v) is 11.0. The third kappa shape index (κ3) is 5.40. The van der Waals surface area contributed by atoms with E-state index in [4.69, 9.17) is 4.74 Å². The highest BCUT2D eigenvalue weighted by Crippen LogP contribution is 2.22. The number of methoxy groups -OCH3 is 1. The van der Waals surface area contributed by atoms with E-state index < -0.39 is 10.0 Å². The van der Waals surface area contributed by atoms with Crippen LogP contribution in [0.15, 0.2) is 71.6 Å². The summed E-state index contributed by atoms with van der Waals surface area (Å²) in [6.07, 6.45) is 0. The fourth-order valence-corrected chi connectivity index (χ4v) is 4.10. The maximum absolute atomic E-state index is 13.1. The third-order valence-electron chi connectivity index (χ3n) is 4.77. The van der Waals surface area contributed by atoms with Crippen LogP contribution in [0, 0.1) is 12.7 Å². The van der Waals surface area contributed by atoms with Crippen molar-refractivity contribution >= 4 is 21.6 Å². The SMILES string of the molecule is COc1ccc(NS(=O)(=O)c2ccc(C)c(C(=O)N(C)Cc3ccc(F)cc3)c2)cc1. The number of sulfonamides is 1. The molecule has 6 nitrogen and oxygen atoms in total. The lowest BCUT2D eigenvalue weighted by molar-refractivity contribution is 0.0784. The Morgan fingerprint density at radius 3 is 2.29 bits per heavy atom. The zero-order valence-corrected chi connectivity index (χ0v) is 18.2. The summed E-state index contributed by atoms with van der Waals surface area (Å²) in [6, 6.07) is 16.8. The Morgan fingerprint density at radius 1 is 1.03 bits per heavy atom. The summed E-state index contributed by atoms with van der Waals surface area (Å²) in [5.41, 5.74) is 2.07. The van der Waals surface area contributed by atoms with Crippen molar-refractivity contribution in [3.05, 3.63) is 89.2 Å². The van der Waals surface area contributed by atoms with Crippen molar-refractivity contribution in [1.29, 1.82) is 0 Å². The molecule has 0 unspecified atom stereocenters. The van der Waals surface area contributed by atoms with E-state index in [0.29, 0.717) is 17.0 Å². The van der Waals surface area contributed by atoms with Crippen LogP contribution in [0.25, 0.3) is 0 Å². The second-order valence-corrected chi connectivity index (χ2v) is 8.78. The first-order chi connectivity index (χ1) is 14.7. The molecule has 3 rings (SSSR count). The molecule has 0 bridgehead atoms. The van der Waals surface area contributed by atoms with Gasteiger partial charge < -0.3 is 9.64 Å². The van der Waals surface area contributed by atoms with Crippen LogP contribution in [0.3, 0.4) is 0 Å². The van der Waals surface area contributed by atoms with Gasteiger partial charge in [0.1, 0.15) is 11.6 Å². The van der Waals surface area contributed by atoms with E-state index in [1.807, 2.05) is 0 Å². The normalized spacial score (nSPS) is 11.1. The van der Waals surface area contributed by atoms with Crippen molar-refractivity contribution in [3.8, 4) is 5.75 Å². The molecule has 3 aromatic carbocycles. The molecular formula is C23H23FN2O4S. The zero-order chi connectivity index (χ0) is 22.6. The number of halogens is 1. The van der Waals surface area contributed by atoms with Crippen LogP contribution in [-0.4, -0.2) is 33.4 Å². The molecule has 0 aromatic heterocycles. The zero-order valence-electron chi connectivity index (χ0n) is 17.4. The summed E-state index contributed by atoms with van der Waals surface area (Å²) in [4.78, 5) is 14.4. The third-order valence-corrected chi connectivity index (χ3v) is 6.15. The van der Waals surface area contributed by atoms with E-state index in [1.165, 1.54) is 36.3 Å². The number of aryl methyl sites for hydroxylation is 1. The van der Waals surface area contributed by atoms with E-state index in [0.717, 1.165) is 5.56 Å². The average Bonchev–Trinajstić information content (AvgIpc) is 2.75. The number of rotatable bonds is 7. The van der Waals surface area contributed by atoms with Gasteiger partial charge in [-0.15, -0.1) is 0 Å². The first kappa shape index (κ1) is 22.3. The maximum atomic E-state index is 13.1. The minimum atomic E-state index is -3.90. The topological polar surface area (TPSA) is 75.7 Å². The Labute approximate surface area is 181 Å². The highest BCUT2D eigenvalue weighted by Gasteiger charge is 2.20. The van der Waals surface area contributed by atoms with Crippen molar-refractivity contribution in [2.75, 3.05) is 18.9 Å². The van der Waals surface area contributed by atoms with Crippen molar-refractivity contribution in [3.63, 3.8) is 0 Å². The molecule has 3 aromatic rings. The summed E-state index contributed by atoms with van der Waals surface area (Å²) in [5.74, 6) is -0.0745. The van der Waals surface area contributed by atoms with E-state index in [2.05, 4.69) is 4.72 Å². The smallest absolute Gasteiger partial charge is 0.261 e. The Bertz CT molecular complexity index is 1180. The van der Waals surface area contributed by atoms with Crippen molar-refractivity contribution in [2.24, 2.45) is 0 Å². The Balaban J connectivity index is 1.82. The highest BCUT2D eigenvalue weighted by molar-refractivity contribution is 7.92. The minimum Gasteiger partial charge on any atom is -0.497 e. The molecule has 8 heteroatoms. The lowest BCUT2D eigenvalue weighted by Gasteiger charge is -2.19. The van der Waals surface area contributed by atoms with Gasteiger partial charge in [0.15, 0.2) is 0 Å². The number of benzene rings is 3. The molecule has 0 saturated carbocycles. The molecule has 1 N–H and O–H groups in total. The molecule has 0 aliphatic heterocycles. The van der Waals surface area contributed by atoms with Crippen LogP contribution in [0.1, 0.15) is 21.5 Å². The quantitative estimate of drug-likeness (QED) is 0.595. The first-order valence-electron chi connectivity index (χ1n) is 9.47. The number of carbonyl (C=O) groups excluding carboxylic acids is 1. The standard InChI is InChI=1S/C23H23FN2O4S/c1-16-4-13-21(31(28,29)25-19-9-11-20(30-3)12-10-19)14-22(16)23(27)26(2)15-17-5-7-18(24)8-6-17/h4-14,25H,15H2,1-3H3. The monoisotopic (exact) mass is 442 g/mol. The number of hydrogen-bond donors (Lipinski definition) is 1. The van der Waals surface area contributed by atoms with Crippen LogP contribution >= 0.6 is 0 Å². The molecule has 0 saturated heterocycles. The number of carbonyl (C=O) groups is 1. The molecule has 0 aliphatic carbocycles. The van der Waals surface area contributed by atoms with Crippen LogP contribution in [0.2, 0.25) is 0 Å². The van der Waals surface area contributed by atoms with Gasteiger partial charge in [0.2, 0.25) is 0 Å². The van der Waals surface area contributed by atoms with E-state index in [9.17, 15) is 17.6 Å². The lowest BCUT2D eigenvalue weighted by Crippen LogP contribution is -2.27. The van der Waals surface area contributed by atoms with Gasteiger partial charge >= 0.3 is 0 Å². The molecule has 0 fully saturated rings. The van der Waals surface area contributed by atoms with Gasteiger partial charge in [-0.25, -0.2) is 12.8 Å². The number of amides is 1. The summed E-state index contributed by atoms with van der Waals surface area (Å²) in [6.45, 7) is 2.01. The molecule has 0 aliphatic rings. The van der Waals surface area contributed by atoms with E-state index in [-0.39, 0.29) is 28.7 Å². The van der Waals surface area contributed by atoms with E-state index >= 15 is 0 Å². The molecule has 31 heavy (non-hydrogen) atoms. The van der Waals surface area contributed by atoms with Crippen LogP contribution in [-0.2, 0) is 16.6 Å². The summed E-state index contributed by atoms with van der Waals surface area (Å²) < 4.78 is 46.3. The molecule has 0 heterocycles. The number of ether oxygens (including phenoxy) is 1. The van der Waals surface area contributed by atoms with Crippen LogP contribution < -0.4 is 9.46 Å². The summed E-state index contributed by atoms with van der Waals surface area (Å²) in [5, 5.41) is 0. The Morgan fingerprint density at radius 2 is 1.68 bits per heavy atom. The summed E-state index contributed by atoms with van der Waals surface area (Å²) in [7, 11) is -0.760. The molecule has 162 valence electrons. The number of anilines is 1. The van der Waals surface area contributed by atoms with Gasteiger partial charge in [-0.05, 0) is 66.6 Å². The maximum Gasteiger partial charge on any atom is 0.261 e. The fraction of sp³-hybridized carbons (Fsp3) is 0.174. The van der Waals surface area contributed by atoms with Gasteiger partial charge in [0.05, 0.1) is 12.0 Å². The molecule has 1 amide bonds. The highest BCUT2D eigenvalue weighted by atomic mass is 32.2. The Hall–Kier alpha value is -3.39. The second-order valence-electron chi connectivity index (χ2n) is 7.10. The summed E-state index contributed by atoms with van der Waals surface area (Å²) >= 11 is 0. The van der Waals surface area contributed by atoms with Crippen molar-refractivity contribution in [2.45, 2.75) is 18.4 Å². The van der Waals surface area contributed by atoms with Gasteiger partial charge in [-0.2, -0.15) is 0 Å². The molecular weight excluding hydrogens is 419 g/mol. The van der Waals surface area contributed by atoms with Gasteiger partial charge in [-0.1, -0.05) is 18.2 Å². The molecule has 0 spiro atoms. The predicted octanol–water partition coefficient (Wildman–Crippen LogP) is 4.22. The fourth-order valence-electron chi connectivity index (χ4n) is 3.01. The number of nitrogens with one attached hydrogen (secondary N) is 1. The van der Waals surface area contributed by atoms with Crippen LogP contribution in [0.5, 0.6) is 5.75 Å². The molecule has 0 radical (unpaired) electrons. The second kappa shape index (κ2) is 9.18. The number of nitrogens with zero attached hydrogens (tertiary/aromatic N) is 1. The van der Waals surface area contributed by atoms with Crippen molar-refractivity contribution < 1.29 is 22.3 Å². The van der Waals surface area contributed by atoms with Gasteiger partial charge in [-0.3, -0.25) is 9.52 Å². The largest absolute Gasteiger partial charge is 0.497 e. The number of hydrogen-bond acceptors (Lipinski definition) is 4. The van der Waals surface area contributed by atoms with Gasteiger partial charge in [0.25, 0.3) is 15.9 Å².